The van der Waals surface area contributed by atoms with Crippen LogP contribution in [0.3, 0.4) is 0 Å². The first kappa shape index (κ1) is 13.2. The third-order valence-corrected chi connectivity index (χ3v) is 1.88. The summed E-state index contributed by atoms with van der Waals surface area (Å²) in [5, 5.41) is 6.10. The zero-order chi connectivity index (χ0) is 11.0. The fourth-order valence-corrected chi connectivity index (χ4v) is 1.02. The molecule has 0 heterocycles. The monoisotopic (exact) mass is 198 g/mol. The summed E-state index contributed by atoms with van der Waals surface area (Å²) in [5.41, 5.74) is 0. The Bertz CT molecular complexity index is 178. The lowest BCUT2D eigenvalue weighted by Gasteiger charge is -2.10. The van der Waals surface area contributed by atoms with Gasteiger partial charge in [-0.1, -0.05) is 19.9 Å². The molecule has 1 unspecified atom stereocenters. The van der Waals surface area contributed by atoms with Crippen molar-refractivity contribution in [2.24, 2.45) is 0 Å². The SMILES string of the molecule is C=CC(C)NC(=O)CCCNC(C)C. The van der Waals surface area contributed by atoms with Crippen LogP contribution >= 0.6 is 0 Å². The summed E-state index contributed by atoms with van der Waals surface area (Å²) in [6, 6.07) is 0.561. The van der Waals surface area contributed by atoms with Crippen molar-refractivity contribution in [3.05, 3.63) is 12.7 Å². The van der Waals surface area contributed by atoms with Crippen LogP contribution in [0, 0.1) is 0 Å². The van der Waals surface area contributed by atoms with Crippen LogP contribution in [0.25, 0.3) is 0 Å². The maximum absolute atomic E-state index is 11.3. The molecule has 1 atom stereocenters. The fraction of sp³-hybridized carbons (Fsp3) is 0.727. The molecule has 0 rings (SSSR count). The summed E-state index contributed by atoms with van der Waals surface area (Å²) >= 11 is 0. The third-order valence-electron chi connectivity index (χ3n) is 1.88. The summed E-state index contributed by atoms with van der Waals surface area (Å²) in [6.07, 6.45) is 3.19. The largest absolute Gasteiger partial charge is 0.350 e. The molecule has 3 nitrogen and oxygen atoms in total. The zero-order valence-electron chi connectivity index (χ0n) is 9.47. The van der Waals surface area contributed by atoms with Gasteiger partial charge in [-0.05, 0) is 19.9 Å². The number of rotatable bonds is 7. The lowest BCUT2D eigenvalue weighted by molar-refractivity contribution is -0.121. The highest BCUT2D eigenvalue weighted by Crippen LogP contribution is 1.90. The Morgan fingerprint density at radius 1 is 1.43 bits per heavy atom. The van der Waals surface area contributed by atoms with Crippen LogP contribution in [0.4, 0.5) is 0 Å². The normalized spacial score (nSPS) is 12.6. The molecule has 0 aliphatic heterocycles. The molecule has 0 saturated heterocycles. The zero-order valence-corrected chi connectivity index (χ0v) is 9.47. The van der Waals surface area contributed by atoms with Gasteiger partial charge in [-0.15, -0.1) is 6.58 Å². The predicted octanol–water partition coefficient (Wildman–Crippen LogP) is 1.46. The van der Waals surface area contributed by atoms with Gasteiger partial charge in [-0.3, -0.25) is 4.79 Å². The molecular weight excluding hydrogens is 176 g/mol. The van der Waals surface area contributed by atoms with Gasteiger partial charge >= 0.3 is 0 Å². The molecule has 0 aliphatic carbocycles. The third kappa shape index (κ3) is 7.80. The van der Waals surface area contributed by atoms with E-state index in [1.54, 1.807) is 6.08 Å². The lowest BCUT2D eigenvalue weighted by Crippen LogP contribution is -2.31. The Balaban J connectivity index is 3.40. The summed E-state index contributed by atoms with van der Waals surface area (Å²) in [7, 11) is 0. The maximum Gasteiger partial charge on any atom is 0.220 e. The van der Waals surface area contributed by atoms with E-state index in [4.69, 9.17) is 0 Å². The molecule has 0 radical (unpaired) electrons. The van der Waals surface area contributed by atoms with Crippen molar-refractivity contribution in [3.63, 3.8) is 0 Å². The van der Waals surface area contributed by atoms with Crippen molar-refractivity contribution in [2.45, 2.75) is 45.7 Å². The first-order valence-electron chi connectivity index (χ1n) is 5.21. The van der Waals surface area contributed by atoms with Crippen molar-refractivity contribution in [2.75, 3.05) is 6.54 Å². The predicted molar refractivity (Wildman–Crippen MR) is 60.2 cm³/mol. The number of hydrogen-bond acceptors (Lipinski definition) is 2. The van der Waals surface area contributed by atoms with Gasteiger partial charge in [0.1, 0.15) is 0 Å². The Morgan fingerprint density at radius 2 is 2.07 bits per heavy atom. The molecule has 0 spiro atoms. The van der Waals surface area contributed by atoms with E-state index in [1.807, 2.05) is 6.92 Å². The van der Waals surface area contributed by atoms with Crippen molar-refractivity contribution < 1.29 is 4.79 Å². The molecule has 0 aliphatic rings. The summed E-state index contributed by atoms with van der Waals surface area (Å²) in [6.45, 7) is 10.6. The van der Waals surface area contributed by atoms with E-state index in [2.05, 4.69) is 31.1 Å². The van der Waals surface area contributed by atoms with Crippen molar-refractivity contribution in [1.29, 1.82) is 0 Å². The minimum atomic E-state index is 0.0700. The average Bonchev–Trinajstić information content (AvgIpc) is 2.12. The molecule has 3 heteroatoms. The van der Waals surface area contributed by atoms with Gasteiger partial charge in [0.15, 0.2) is 0 Å². The van der Waals surface area contributed by atoms with E-state index in [0.29, 0.717) is 12.5 Å². The summed E-state index contributed by atoms with van der Waals surface area (Å²) < 4.78 is 0. The van der Waals surface area contributed by atoms with Crippen molar-refractivity contribution in [3.8, 4) is 0 Å². The smallest absolute Gasteiger partial charge is 0.220 e. The van der Waals surface area contributed by atoms with E-state index >= 15 is 0 Å². The number of carbonyl (C=O) groups is 1. The van der Waals surface area contributed by atoms with Crippen molar-refractivity contribution >= 4 is 5.91 Å². The van der Waals surface area contributed by atoms with Gasteiger partial charge < -0.3 is 10.6 Å². The molecule has 82 valence electrons. The van der Waals surface area contributed by atoms with Crippen LogP contribution in [0.1, 0.15) is 33.6 Å². The Kier molecular flexibility index (Phi) is 7.11. The standard InChI is InChI=1S/C11H22N2O/c1-5-10(4)13-11(14)7-6-8-12-9(2)3/h5,9-10,12H,1,6-8H2,2-4H3,(H,13,14). The molecule has 0 fully saturated rings. The molecule has 0 saturated carbocycles. The van der Waals surface area contributed by atoms with Gasteiger partial charge in [-0.2, -0.15) is 0 Å². The molecule has 0 aromatic carbocycles. The van der Waals surface area contributed by atoms with E-state index < -0.39 is 0 Å². The van der Waals surface area contributed by atoms with Gasteiger partial charge in [-0.25, -0.2) is 0 Å². The topological polar surface area (TPSA) is 41.1 Å². The minimum Gasteiger partial charge on any atom is -0.350 e. The highest BCUT2D eigenvalue weighted by Gasteiger charge is 2.03. The van der Waals surface area contributed by atoms with Crippen LogP contribution in [0.2, 0.25) is 0 Å². The average molecular weight is 198 g/mol. The van der Waals surface area contributed by atoms with Gasteiger partial charge in [0.2, 0.25) is 5.91 Å². The molecular formula is C11H22N2O. The van der Waals surface area contributed by atoms with E-state index in [0.717, 1.165) is 13.0 Å². The fourth-order valence-electron chi connectivity index (χ4n) is 1.02. The van der Waals surface area contributed by atoms with Gasteiger partial charge in [0.25, 0.3) is 0 Å². The number of amides is 1. The number of carbonyl (C=O) groups excluding carboxylic acids is 1. The number of hydrogen-bond donors (Lipinski definition) is 2. The number of nitrogens with one attached hydrogen (secondary N) is 2. The molecule has 0 aromatic heterocycles. The Hall–Kier alpha value is -0.830. The summed E-state index contributed by atoms with van der Waals surface area (Å²) in [4.78, 5) is 11.3. The second-order valence-electron chi connectivity index (χ2n) is 3.80. The van der Waals surface area contributed by atoms with Gasteiger partial charge in [0, 0.05) is 18.5 Å². The quantitative estimate of drug-likeness (QED) is 0.480. The Morgan fingerprint density at radius 3 is 2.57 bits per heavy atom. The van der Waals surface area contributed by atoms with Crippen LogP contribution < -0.4 is 10.6 Å². The van der Waals surface area contributed by atoms with Crippen LogP contribution in [0.15, 0.2) is 12.7 Å². The van der Waals surface area contributed by atoms with Crippen LogP contribution in [-0.4, -0.2) is 24.5 Å². The van der Waals surface area contributed by atoms with E-state index in [-0.39, 0.29) is 11.9 Å². The molecule has 0 bridgehead atoms. The van der Waals surface area contributed by atoms with E-state index in [1.165, 1.54) is 0 Å². The molecule has 1 amide bonds. The van der Waals surface area contributed by atoms with Crippen LogP contribution in [0.5, 0.6) is 0 Å². The second kappa shape index (κ2) is 7.56. The lowest BCUT2D eigenvalue weighted by atomic mass is 10.2. The molecule has 0 aromatic rings. The summed E-state index contributed by atoms with van der Waals surface area (Å²) in [5.74, 6) is 0.1000. The molecule has 14 heavy (non-hydrogen) atoms. The maximum atomic E-state index is 11.3. The van der Waals surface area contributed by atoms with E-state index in [9.17, 15) is 4.79 Å². The minimum absolute atomic E-state index is 0.0700. The Labute approximate surface area is 87.0 Å². The van der Waals surface area contributed by atoms with Crippen LogP contribution in [-0.2, 0) is 4.79 Å². The highest BCUT2D eigenvalue weighted by molar-refractivity contribution is 5.76. The van der Waals surface area contributed by atoms with Gasteiger partial charge in [0.05, 0.1) is 0 Å². The van der Waals surface area contributed by atoms with Crippen molar-refractivity contribution in [1.82, 2.24) is 10.6 Å². The first-order chi connectivity index (χ1) is 6.56. The first-order valence-corrected chi connectivity index (χ1v) is 5.21. The highest BCUT2D eigenvalue weighted by atomic mass is 16.1. The molecule has 2 N–H and O–H groups in total. The second-order valence-corrected chi connectivity index (χ2v) is 3.80.